The van der Waals surface area contributed by atoms with E-state index in [2.05, 4.69) is 14.5 Å². The second kappa shape index (κ2) is 12.1. The molecule has 0 saturated heterocycles. The van der Waals surface area contributed by atoms with Crippen LogP contribution in [-0.2, 0) is 14.2 Å². The molecule has 0 N–H and O–H groups in total. The van der Waals surface area contributed by atoms with E-state index in [1.807, 2.05) is 6.92 Å². The Bertz CT molecular complexity index is 787. The normalized spacial score (nSPS) is 16.8. The van der Waals surface area contributed by atoms with Gasteiger partial charge < -0.3 is 14.2 Å². The Balaban J connectivity index is 3.43. The largest absolute Gasteiger partial charge is 0.446 e. The number of ether oxygens (including phenoxy) is 3. The summed E-state index contributed by atoms with van der Waals surface area (Å²) in [5.41, 5.74) is -4.86. The lowest BCUT2D eigenvalue weighted by Crippen LogP contribution is -2.60. The first kappa shape index (κ1) is 27.7. The first-order valence-corrected chi connectivity index (χ1v) is 9.81. The average Bonchev–Trinajstić information content (AvgIpc) is 2.88. The van der Waals surface area contributed by atoms with Gasteiger partial charge in [0, 0.05) is 12.8 Å². The molecule has 1 aliphatic rings. The number of nitrogens with zero attached hydrogens (tertiary/aromatic N) is 1. The number of hydrogen-bond acceptors (Lipinski definition) is 4. The first-order chi connectivity index (χ1) is 14.9. The third-order valence-corrected chi connectivity index (χ3v) is 4.37. The van der Waals surface area contributed by atoms with Crippen molar-refractivity contribution < 1.29 is 40.6 Å². The standard InChI is InChI=1S/C22H27F6NO3/c1-5-7-10-16(3)29-14-31-19-12-8-11-18(13-17(19)9-6-2)20(21(23,24)25,22(26,27)28)32-15-30-4/h5,7,10-14H,6,8-9,15H2,1-4H3/b7-5-,16-10-,29-14?. The highest BCUT2D eigenvalue weighted by Crippen LogP contribution is 2.51. The van der Waals surface area contributed by atoms with Gasteiger partial charge in [0.2, 0.25) is 0 Å². The molecule has 0 heterocycles. The average molecular weight is 467 g/mol. The van der Waals surface area contributed by atoms with E-state index >= 15 is 0 Å². The molecule has 0 spiro atoms. The van der Waals surface area contributed by atoms with Gasteiger partial charge in [0.1, 0.15) is 12.6 Å². The molecule has 0 unspecified atom stereocenters. The molecule has 0 aromatic rings. The molecule has 0 radical (unpaired) electrons. The predicted molar refractivity (Wildman–Crippen MR) is 110 cm³/mol. The smallest absolute Gasteiger partial charge is 0.430 e. The van der Waals surface area contributed by atoms with Crippen molar-refractivity contribution in [3.8, 4) is 0 Å². The van der Waals surface area contributed by atoms with Gasteiger partial charge in [-0.2, -0.15) is 26.3 Å². The van der Waals surface area contributed by atoms with Gasteiger partial charge in [0.05, 0.1) is 0 Å². The summed E-state index contributed by atoms with van der Waals surface area (Å²) in [6.45, 7) is 4.07. The van der Waals surface area contributed by atoms with Crippen molar-refractivity contribution in [1.82, 2.24) is 0 Å². The molecule has 1 aliphatic carbocycles. The zero-order chi connectivity index (χ0) is 24.4. The molecule has 0 amide bonds. The van der Waals surface area contributed by atoms with E-state index in [-0.39, 0.29) is 24.2 Å². The summed E-state index contributed by atoms with van der Waals surface area (Å²) in [4.78, 5) is 4.04. The summed E-state index contributed by atoms with van der Waals surface area (Å²) >= 11 is 0. The molecule has 0 saturated carbocycles. The maximum Gasteiger partial charge on any atom is 0.430 e. The summed E-state index contributed by atoms with van der Waals surface area (Å²) < 4.78 is 97.3. The highest BCUT2D eigenvalue weighted by atomic mass is 19.4. The monoisotopic (exact) mass is 467 g/mol. The van der Waals surface area contributed by atoms with Crippen molar-refractivity contribution in [2.24, 2.45) is 4.99 Å². The lowest BCUT2D eigenvalue weighted by molar-refractivity contribution is -0.375. The summed E-state index contributed by atoms with van der Waals surface area (Å²) in [7, 11) is 0.941. The maximum atomic E-state index is 13.9. The first-order valence-electron chi connectivity index (χ1n) is 9.81. The van der Waals surface area contributed by atoms with Gasteiger partial charge >= 0.3 is 12.4 Å². The molecule has 0 bridgehead atoms. The molecule has 10 heteroatoms. The van der Waals surface area contributed by atoms with Crippen LogP contribution in [-0.4, -0.2) is 38.3 Å². The Hall–Kier alpha value is -2.33. The van der Waals surface area contributed by atoms with Crippen LogP contribution in [0.25, 0.3) is 0 Å². The van der Waals surface area contributed by atoms with Crippen LogP contribution in [0.15, 0.2) is 64.1 Å². The van der Waals surface area contributed by atoms with E-state index in [4.69, 9.17) is 4.74 Å². The Morgan fingerprint density at radius 2 is 1.78 bits per heavy atom. The van der Waals surface area contributed by atoms with Gasteiger partial charge in [-0.05, 0) is 56.1 Å². The van der Waals surface area contributed by atoms with Crippen molar-refractivity contribution in [2.75, 3.05) is 13.9 Å². The molecule has 4 nitrogen and oxygen atoms in total. The van der Waals surface area contributed by atoms with Crippen molar-refractivity contribution in [3.63, 3.8) is 0 Å². The second-order valence-electron chi connectivity index (χ2n) is 6.80. The molecule has 0 aromatic heterocycles. The molecule has 0 aliphatic heterocycles. The third-order valence-electron chi connectivity index (χ3n) is 4.37. The number of halogens is 6. The SMILES string of the molecule is C/C=C\C=C(\C)N=COC1=CCC=C(C(OCOC)(C(F)(F)F)C(F)(F)F)C=C1CCC. The van der Waals surface area contributed by atoms with Gasteiger partial charge in [0.15, 0.2) is 6.40 Å². The van der Waals surface area contributed by atoms with Gasteiger partial charge in [-0.25, -0.2) is 4.99 Å². The van der Waals surface area contributed by atoms with E-state index in [1.54, 1.807) is 32.1 Å². The number of rotatable bonds is 10. The highest BCUT2D eigenvalue weighted by molar-refractivity contribution is 5.54. The van der Waals surface area contributed by atoms with Crippen LogP contribution in [0, 0.1) is 0 Å². The number of methoxy groups -OCH3 is 1. The Kier molecular flexibility index (Phi) is 10.4. The van der Waals surface area contributed by atoms with Crippen molar-refractivity contribution in [2.45, 2.75) is 58.0 Å². The van der Waals surface area contributed by atoms with E-state index in [0.717, 1.165) is 25.7 Å². The molecule has 32 heavy (non-hydrogen) atoms. The molecular formula is C22H27F6NO3. The van der Waals surface area contributed by atoms with Crippen molar-refractivity contribution >= 4 is 6.40 Å². The van der Waals surface area contributed by atoms with Crippen LogP contribution in [0.3, 0.4) is 0 Å². The van der Waals surface area contributed by atoms with E-state index in [0.29, 0.717) is 12.1 Å². The minimum absolute atomic E-state index is 0.130. The van der Waals surface area contributed by atoms with Crippen LogP contribution >= 0.6 is 0 Å². The number of alkyl halides is 6. The quantitative estimate of drug-likeness (QED) is 0.115. The number of allylic oxidation sites excluding steroid dienone is 7. The van der Waals surface area contributed by atoms with Crippen LogP contribution in [0.2, 0.25) is 0 Å². The molecule has 180 valence electrons. The van der Waals surface area contributed by atoms with E-state index in [1.165, 1.54) is 6.08 Å². The molecule has 0 aromatic carbocycles. The summed E-state index contributed by atoms with van der Waals surface area (Å²) in [6, 6.07) is 0. The molecule has 0 fully saturated rings. The van der Waals surface area contributed by atoms with Crippen LogP contribution < -0.4 is 0 Å². The highest BCUT2D eigenvalue weighted by Gasteiger charge is 2.74. The van der Waals surface area contributed by atoms with Crippen molar-refractivity contribution in [3.05, 3.63) is 59.1 Å². The fraction of sp³-hybridized carbons (Fsp3) is 0.500. The summed E-state index contributed by atoms with van der Waals surface area (Å²) in [5.74, 6) is 0.130. The zero-order valence-corrected chi connectivity index (χ0v) is 18.3. The molecule has 0 atom stereocenters. The van der Waals surface area contributed by atoms with Gasteiger partial charge in [-0.3, -0.25) is 0 Å². The van der Waals surface area contributed by atoms with Gasteiger partial charge in [-0.1, -0.05) is 31.6 Å². The maximum absolute atomic E-state index is 13.9. The minimum atomic E-state index is -5.79. The number of aliphatic imine (C=N–C) groups is 1. The van der Waals surface area contributed by atoms with Crippen LogP contribution in [0.5, 0.6) is 0 Å². The predicted octanol–water partition coefficient (Wildman–Crippen LogP) is 6.94. The Labute approximate surface area is 183 Å². The fourth-order valence-electron chi connectivity index (χ4n) is 2.90. The molecular weight excluding hydrogens is 440 g/mol. The lowest BCUT2D eigenvalue weighted by atomic mass is 9.89. The van der Waals surface area contributed by atoms with Crippen LogP contribution in [0.4, 0.5) is 26.3 Å². The topological polar surface area (TPSA) is 40.0 Å². The fourth-order valence-corrected chi connectivity index (χ4v) is 2.90. The van der Waals surface area contributed by atoms with Crippen LogP contribution in [0.1, 0.15) is 40.0 Å². The van der Waals surface area contributed by atoms with E-state index < -0.39 is 30.3 Å². The summed E-state index contributed by atoms with van der Waals surface area (Å²) in [5, 5.41) is 0. The Morgan fingerprint density at radius 1 is 1.12 bits per heavy atom. The Morgan fingerprint density at radius 3 is 2.31 bits per heavy atom. The molecule has 1 rings (SSSR count). The summed E-state index contributed by atoms with van der Waals surface area (Å²) in [6.07, 6.45) is -1.76. The zero-order valence-electron chi connectivity index (χ0n) is 18.3. The number of hydrogen-bond donors (Lipinski definition) is 0. The van der Waals surface area contributed by atoms with Crippen molar-refractivity contribution in [1.29, 1.82) is 0 Å². The third kappa shape index (κ3) is 6.83. The second-order valence-corrected chi connectivity index (χ2v) is 6.80. The van der Waals surface area contributed by atoms with Gasteiger partial charge in [0.25, 0.3) is 5.60 Å². The van der Waals surface area contributed by atoms with E-state index in [9.17, 15) is 26.3 Å². The lowest BCUT2D eigenvalue weighted by Gasteiger charge is -2.38. The minimum Gasteiger partial charge on any atom is -0.446 e. The van der Waals surface area contributed by atoms with Gasteiger partial charge in [-0.15, -0.1) is 0 Å².